The predicted molar refractivity (Wildman–Crippen MR) is 70.2 cm³/mol. The maximum absolute atomic E-state index is 8.69. The highest BCUT2D eigenvalue weighted by Crippen LogP contribution is 2.15. The number of aliphatic hydroxyl groups excluding tert-OH is 1. The number of aliphatic hydroxyl groups is 1. The second kappa shape index (κ2) is 6.90. The standard InChI is InChI=1S/C11H21N5O/c1-13-9-8-10(15-11(12)14-9)16(2)6-4-3-5-7-17/h8,17H,3-7H2,1-2H3,(H3,12,13,14,15). The summed E-state index contributed by atoms with van der Waals surface area (Å²) in [5.74, 6) is 1.80. The van der Waals surface area contributed by atoms with Crippen molar-refractivity contribution in [1.82, 2.24) is 9.97 Å². The van der Waals surface area contributed by atoms with Gasteiger partial charge in [-0.2, -0.15) is 9.97 Å². The quantitative estimate of drug-likeness (QED) is 0.607. The van der Waals surface area contributed by atoms with Crippen molar-refractivity contribution in [3.05, 3.63) is 6.07 Å². The smallest absolute Gasteiger partial charge is 0.223 e. The van der Waals surface area contributed by atoms with Gasteiger partial charge in [-0.15, -0.1) is 0 Å². The number of hydrogen-bond donors (Lipinski definition) is 3. The Kier molecular flexibility index (Phi) is 5.48. The van der Waals surface area contributed by atoms with Crippen molar-refractivity contribution in [3.63, 3.8) is 0 Å². The molecule has 6 nitrogen and oxygen atoms in total. The average Bonchev–Trinajstić information content (AvgIpc) is 2.33. The summed E-state index contributed by atoms with van der Waals surface area (Å²) in [5, 5.41) is 11.6. The molecule has 0 amide bonds. The topological polar surface area (TPSA) is 87.3 Å². The molecular formula is C11H21N5O. The fourth-order valence-corrected chi connectivity index (χ4v) is 1.53. The number of nitrogens with two attached hydrogens (primary N) is 1. The zero-order valence-corrected chi connectivity index (χ0v) is 10.5. The Labute approximate surface area is 102 Å². The lowest BCUT2D eigenvalue weighted by atomic mass is 10.2. The van der Waals surface area contributed by atoms with Crippen LogP contribution >= 0.6 is 0 Å². The summed E-state index contributed by atoms with van der Waals surface area (Å²) in [6.45, 7) is 1.15. The fraction of sp³-hybridized carbons (Fsp3) is 0.636. The minimum Gasteiger partial charge on any atom is -0.396 e. The van der Waals surface area contributed by atoms with E-state index in [1.54, 1.807) is 7.05 Å². The Balaban J connectivity index is 2.55. The lowest BCUT2D eigenvalue weighted by Crippen LogP contribution is -2.20. The molecule has 4 N–H and O–H groups in total. The van der Waals surface area contributed by atoms with Crippen LogP contribution in [0.5, 0.6) is 0 Å². The van der Waals surface area contributed by atoms with Gasteiger partial charge in [-0.25, -0.2) is 0 Å². The molecule has 0 aliphatic heterocycles. The minimum atomic E-state index is 0.258. The van der Waals surface area contributed by atoms with Crippen LogP contribution in [0, 0.1) is 0 Å². The molecular weight excluding hydrogens is 218 g/mol. The molecule has 96 valence electrons. The Hall–Kier alpha value is -1.56. The lowest BCUT2D eigenvalue weighted by Gasteiger charge is -2.18. The Morgan fingerprint density at radius 2 is 2.12 bits per heavy atom. The molecule has 6 heteroatoms. The van der Waals surface area contributed by atoms with Crippen LogP contribution in [0.15, 0.2) is 6.07 Å². The molecule has 1 rings (SSSR count). The van der Waals surface area contributed by atoms with E-state index in [1.165, 1.54) is 0 Å². The average molecular weight is 239 g/mol. The Morgan fingerprint density at radius 3 is 2.76 bits per heavy atom. The molecule has 1 aromatic rings. The Bertz CT molecular complexity index is 345. The fourth-order valence-electron chi connectivity index (χ4n) is 1.53. The van der Waals surface area contributed by atoms with E-state index in [2.05, 4.69) is 15.3 Å². The lowest BCUT2D eigenvalue weighted by molar-refractivity contribution is 0.283. The molecule has 0 aliphatic rings. The molecule has 0 unspecified atom stereocenters. The zero-order chi connectivity index (χ0) is 12.7. The molecule has 0 saturated carbocycles. The highest BCUT2D eigenvalue weighted by Gasteiger charge is 2.05. The second-order valence-corrected chi connectivity index (χ2v) is 3.93. The number of nitrogens with zero attached hydrogens (tertiary/aromatic N) is 3. The first-order chi connectivity index (χ1) is 8.17. The van der Waals surface area contributed by atoms with Crippen molar-refractivity contribution < 1.29 is 5.11 Å². The number of anilines is 3. The first-order valence-corrected chi connectivity index (χ1v) is 5.81. The molecule has 1 aromatic heterocycles. The second-order valence-electron chi connectivity index (χ2n) is 3.93. The molecule has 0 saturated heterocycles. The Morgan fingerprint density at radius 1 is 1.35 bits per heavy atom. The predicted octanol–water partition coefficient (Wildman–Crippen LogP) is 0.699. The number of nitrogens with one attached hydrogen (secondary N) is 1. The van der Waals surface area contributed by atoms with E-state index in [9.17, 15) is 0 Å². The third-order valence-electron chi connectivity index (χ3n) is 2.53. The van der Waals surface area contributed by atoms with Gasteiger partial charge in [-0.05, 0) is 19.3 Å². The molecule has 1 heterocycles. The summed E-state index contributed by atoms with van der Waals surface area (Å²) >= 11 is 0. The van der Waals surface area contributed by atoms with Gasteiger partial charge < -0.3 is 21.1 Å². The van der Waals surface area contributed by atoms with E-state index in [0.717, 1.165) is 37.4 Å². The minimum absolute atomic E-state index is 0.258. The number of nitrogen functional groups attached to an aromatic ring is 1. The van der Waals surface area contributed by atoms with Gasteiger partial charge in [0.2, 0.25) is 5.95 Å². The molecule has 0 fully saturated rings. The first-order valence-electron chi connectivity index (χ1n) is 5.81. The summed E-state index contributed by atoms with van der Waals surface area (Å²) in [5.41, 5.74) is 5.63. The highest BCUT2D eigenvalue weighted by atomic mass is 16.2. The number of rotatable bonds is 7. The summed E-state index contributed by atoms with van der Waals surface area (Å²) in [7, 11) is 3.77. The molecule has 0 atom stereocenters. The van der Waals surface area contributed by atoms with Crippen LogP contribution in [-0.2, 0) is 0 Å². The molecule has 0 spiro atoms. The third kappa shape index (κ3) is 4.44. The number of hydrogen-bond acceptors (Lipinski definition) is 6. The van der Waals surface area contributed by atoms with Crippen molar-refractivity contribution in [2.45, 2.75) is 19.3 Å². The number of unbranched alkanes of at least 4 members (excludes halogenated alkanes) is 2. The van der Waals surface area contributed by atoms with Crippen LogP contribution in [0.25, 0.3) is 0 Å². The molecule has 0 bridgehead atoms. The SMILES string of the molecule is CNc1cc(N(C)CCCCCO)nc(N)n1. The van der Waals surface area contributed by atoms with Crippen LogP contribution in [0.1, 0.15) is 19.3 Å². The number of aromatic nitrogens is 2. The van der Waals surface area contributed by atoms with Crippen LogP contribution in [0.4, 0.5) is 17.6 Å². The van der Waals surface area contributed by atoms with Crippen LogP contribution in [0.3, 0.4) is 0 Å². The summed E-state index contributed by atoms with van der Waals surface area (Å²) in [4.78, 5) is 10.3. The summed E-state index contributed by atoms with van der Waals surface area (Å²) in [6, 6.07) is 1.86. The molecule has 0 aromatic carbocycles. The van der Waals surface area contributed by atoms with Crippen molar-refractivity contribution in [2.24, 2.45) is 0 Å². The molecule has 0 radical (unpaired) electrons. The van der Waals surface area contributed by atoms with E-state index >= 15 is 0 Å². The van der Waals surface area contributed by atoms with Gasteiger partial charge in [0.15, 0.2) is 0 Å². The molecule has 0 aliphatic carbocycles. The van der Waals surface area contributed by atoms with Gasteiger partial charge in [-0.3, -0.25) is 0 Å². The van der Waals surface area contributed by atoms with Crippen LogP contribution in [0.2, 0.25) is 0 Å². The van der Waals surface area contributed by atoms with E-state index in [-0.39, 0.29) is 12.6 Å². The third-order valence-corrected chi connectivity index (χ3v) is 2.53. The van der Waals surface area contributed by atoms with Crippen molar-refractivity contribution in [1.29, 1.82) is 0 Å². The van der Waals surface area contributed by atoms with Gasteiger partial charge in [0.1, 0.15) is 11.6 Å². The summed E-state index contributed by atoms with van der Waals surface area (Å²) < 4.78 is 0. The van der Waals surface area contributed by atoms with E-state index in [4.69, 9.17) is 10.8 Å². The van der Waals surface area contributed by atoms with Gasteiger partial charge in [0.05, 0.1) is 0 Å². The summed E-state index contributed by atoms with van der Waals surface area (Å²) in [6.07, 6.45) is 2.89. The van der Waals surface area contributed by atoms with Crippen molar-refractivity contribution in [2.75, 3.05) is 43.2 Å². The zero-order valence-electron chi connectivity index (χ0n) is 10.5. The van der Waals surface area contributed by atoms with Gasteiger partial charge in [-0.1, -0.05) is 0 Å². The van der Waals surface area contributed by atoms with Gasteiger partial charge in [0, 0.05) is 33.3 Å². The highest BCUT2D eigenvalue weighted by molar-refractivity contribution is 5.51. The van der Waals surface area contributed by atoms with Gasteiger partial charge in [0.25, 0.3) is 0 Å². The maximum Gasteiger partial charge on any atom is 0.223 e. The van der Waals surface area contributed by atoms with Crippen LogP contribution < -0.4 is 16.0 Å². The van der Waals surface area contributed by atoms with E-state index in [1.807, 2.05) is 18.0 Å². The van der Waals surface area contributed by atoms with Crippen molar-refractivity contribution in [3.8, 4) is 0 Å². The van der Waals surface area contributed by atoms with Crippen LogP contribution in [-0.4, -0.2) is 42.3 Å². The normalized spacial score (nSPS) is 10.3. The first kappa shape index (κ1) is 13.5. The van der Waals surface area contributed by atoms with Crippen molar-refractivity contribution >= 4 is 17.6 Å². The maximum atomic E-state index is 8.69. The van der Waals surface area contributed by atoms with E-state index in [0.29, 0.717) is 0 Å². The largest absolute Gasteiger partial charge is 0.396 e. The van der Waals surface area contributed by atoms with E-state index < -0.39 is 0 Å². The molecule has 17 heavy (non-hydrogen) atoms. The monoisotopic (exact) mass is 239 g/mol. The van der Waals surface area contributed by atoms with Gasteiger partial charge >= 0.3 is 0 Å².